The van der Waals surface area contributed by atoms with Crippen molar-refractivity contribution in [3.63, 3.8) is 0 Å². The standard InChI is InChI=1S/C15H22F3NO/c1-11(2)19-10-12(3)4-5-13-6-8-14(9-7-13)20-15(16,17)18/h6-9,11-12,19H,4-5,10H2,1-3H3. The van der Waals surface area contributed by atoms with E-state index in [4.69, 9.17) is 0 Å². The van der Waals surface area contributed by atoms with E-state index >= 15 is 0 Å². The zero-order chi connectivity index (χ0) is 15.2. The molecule has 5 heteroatoms. The third-order valence-corrected chi connectivity index (χ3v) is 2.96. The topological polar surface area (TPSA) is 21.3 Å². The van der Waals surface area contributed by atoms with E-state index in [0.29, 0.717) is 12.0 Å². The Bertz CT molecular complexity index is 387. The second-order valence-corrected chi connectivity index (χ2v) is 5.40. The van der Waals surface area contributed by atoms with Crippen LogP contribution in [-0.2, 0) is 6.42 Å². The van der Waals surface area contributed by atoms with Crippen LogP contribution in [-0.4, -0.2) is 18.9 Å². The lowest BCUT2D eigenvalue weighted by Gasteiger charge is -2.15. The minimum absolute atomic E-state index is 0.171. The van der Waals surface area contributed by atoms with E-state index in [-0.39, 0.29) is 5.75 Å². The van der Waals surface area contributed by atoms with Crippen LogP contribution in [0.15, 0.2) is 24.3 Å². The minimum atomic E-state index is -4.63. The Labute approximate surface area is 118 Å². The Morgan fingerprint density at radius 2 is 1.70 bits per heavy atom. The van der Waals surface area contributed by atoms with Crippen LogP contribution >= 0.6 is 0 Å². The van der Waals surface area contributed by atoms with Gasteiger partial charge in [0, 0.05) is 6.04 Å². The molecule has 20 heavy (non-hydrogen) atoms. The van der Waals surface area contributed by atoms with E-state index in [0.717, 1.165) is 24.9 Å². The summed E-state index contributed by atoms with van der Waals surface area (Å²) in [6.07, 6.45) is -2.77. The normalized spacial score (nSPS) is 13.6. The van der Waals surface area contributed by atoms with Crippen LogP contribution in [0.1, 0.15) is 32.8 Å². The van der Waals surface area contributed by atoms with Gasteiger partial charge in [0.05, 0.1) is 0 Å². The Hall–Kier alpha value is -1.23. The molecule has 0 bridgehead atoms. The maximum atomic E-state index is 12.0. The van der Waals surface area contributed by atoms with Crippen LogP contribution in [0.25, 0.3) is 0 Å². The summed E-state index contributed by atoms with van der Waals surface area (Å²) < 4.78 is 39.9. The lowest BCUT2D eigenvalue weighted by Crippen LogP contribution is -2.28. The van der Waals surface area contributed by atoms with Crippen molar-refractivity contribution >= 4 is 0 Å². The number of aryl methyl sites for hydroxylation is 1. The molecule has 1 aromatic carbocycles. The molecule has 0 spiro atoms. The predicted molar refractivity (Wildman–Crippen MR) is 73.7 cm³/mol. The van der Waals surface area contributed by atoms with Gasteiger partial charge in [0.2, 0.25) is 0 Å². The van der Waals surface area contributed by atoms with Gasteiger partial charge in [0.15, 0.2) is 0 Å². The van der Waals surface area contributed by atoms with Crippen molar-refractivity contribution in [2.45, 2.75) is 46.0 Å². The van der Waals surface area contributed by atoms with Crippen molar-refractivity contribution in [1.82, 2.24) is 5.32 Å². The van der Waals surface area contributed by atoms with Gasteiger partial charge in [0.1, 0.15) is 5.75 Å². The van der Waals surface area contributed by atoms with Gasteiger partial charge in [-0.2, -0.15) is 0 Å². The highest BCUT2D eigenvalue weighted by molar-refractivity contribution is 5.27. The molecule has 2 nitrogen and oxygen atoms in total. The number of rotatable bonds is 7. The van der Waals surface area contributed by atoms with Gasteiger partial charge in [0.25, 0.3) is 0 Å². The van der Waals surface area contributed by atoms with Crippen molar-refractivity contribution in [3.05, 3.63) is 29.8 Å². The molecule has 0 fully saturated rings. The van der Waals surface area contributed by atoms with Gasteiger partial charge in [-0.05, 0) is 43.0 Å². The fraction of sp³-hybridized carbons (Fsp3) is 0.600. The first-order chi connectivity index (χ1) is 9.26. The van der Waals surface area contributed by atoms with Gasteiger partial charge in [-0.1, -0.05) is 32.9 Å². The van der Waals surface area contributed by atoms with E-state index in [1.165, 1.54) is 12.1 Å². The monoisotopic (exact) mass is 289 g/mol. The average Bonchev–Trinajstić information content (AvgIpc) is 2.33. The average molecular weight is 289 g/mol. The minimum Gasteiger partial charge on any atom is -0.406 e. The zero-order valence-corrected chi connectivity index (χ0v) is 12.1. The Balaban J connectivity index is 2.38. The number of hydrogen-bond donors (Lipinski definition) is 1. The molecule has 0 aliphatic rings. The van der Waals surface area contributed by atoms with Crippen molar-refractivity contribution in [1.29, 1.82) is 0 Å². The molecule has 114 valence electrons. The second kappa shape index (κ2) is 7.53. The molecule has 1 unspecified atom stereocenters. The molecular formula is C15H22F3NO. The number of nitrogens with one attached hydrogen (secondary N) is 1. The molecule has 0 aromatic heterocycles. The van der Waals surface area contributed by atoms with Crippen LogP contribution < -0.4 is 10.1 Å². The highest BCUT2D eigenvalue weighted by Crippen LogP contribution is 2.23. The molecule has 1 N–H and O–H groups in total. The first kappa shape index (κ1) is 16.8. The Morgan fingerprint density at radius 3 is 2.20 bits per heavy atom. The summed E-state index contributed by atoms with van der Waals surface area (Å²) in [5, 5.41) is 3.37. The molecule has 1 rings (SSSR count). The SMILES string of the molecule is CC(CCc1ccc(OC(F)(F)F)cc1)CNC(C)C. The highest BCUT2D eigenvalue weighted by Gasteiger charge is 2.30. The van der Waals surface area contributed by atoms with Gasteiger partial charge in [-0.3, -0.25) is 0 Å². The summed E-state index contributed by atoms with van der Waals surface area (Å²) in [5.41, 5.74) is 1.02. The van der Waals surface area contributed by atoms with E-state index < -0.39 is 6.36 Å². The number of alkyl halides is 3. The summed E-state index contributed by atoms with van der Waals surface area (Å²) in [6, 6.07) is 6.56. The van der Waals surface area contributed by atoms with Crippen LogP contribution in [0.2, 0.25) is 0 Å². The number of halogens is 3. The van der Waals surface area contributed by atoms with E-state index in [9.17, 15) is 13.2 Å². The molecule has 0 saturated heterocycles. The fourth-order valence-corrected chi connectivity index (χ4v) is 1.81. The summed E-state index contributed by atoms with van der Waals surface area (Å²) >= 11 is 0. The zero-order valence-electron chi connectivity index (χ0n) is 12.1. The first-order valence-corrected chi connectivity index (χ1v) is 6.84. The molecule has 0 amide bonds. The van der Waals surface area contributed by atoms with Crippen LogP contribution in [0.3, 0.4) is 0 Å². The Morgan fingerprint density at radius 1 is 1.10 bits per heavy atom. The van der Waals surface area contributed by atoms with Gasteiger partial charge < -0.3 is 10.1 Å². The highest BCUT2D eigenvalue weighted by atomic mass is 19.4. The number of ether oxygens (including phenoxy) is 1. The second-order valence-electron chi connectivity index (χ2n) is 5.40. The third kappa shape index (κ3) is 7.38. The molecule has 0 aliphatic carbocycles. The molecule has 1 aromatic rings. The largest absolute Gasteiger partial charge is 0.573 e. The van der Waals surface area contributed by atoms with E-state index in [2.05, 4.69) is 30.8 Å². The van der Waals surface area contributed by atoms with E-state index in [1.54, 1.807) is 12.1 Å². The summed E-state index contributed by atoms with van der Waals surface area (Å²) in [5.74, 6) is 0.360. The van der Waals surface area contributed by atoms with Crippen molar-refractivity contribution in [2.75, 3.05) is 6.54 Å². The smallest absolute Gasteiger partial charge is 0.406 e. The van der Waals surface area contributed by atoms with Crippen LogP contribution in [0.5, 0.6) is 5.75 Å². The molecule has 0 aliphatic heterocycles. The maximum Gasteiger partial charge on any atom is 0.573 e. The fourth-order valence-electron chi connectivity index (χ4n) is 1.81. The summed E-state index contributed by atoms with van der Waals surface area (Å²) in [7, 11) is 0. The predicted octanol–water partition coefficient (Wildman–Crippen LogP) is 4.15. The summed E-state index contributed by atoms with van der Waals surface area (Å²) in [4.78, 5) is 0. The number of benzene rings is 1. The lowest BCUT2D eigenvalue weighted by molar-refractivity contribution is -0.274. The molecule has 0 radical (unpaired) electrons. The van der Waals surface area contributed by atoms with E-state index in [1.807, 2.05) is 0 Å². The summed E-state index contributed by atoms with van der Waals surface area (Å²) in [6.45, 7) is 7.32. The molecule has 1 atom stereocenters. The first-order valence-electron chi connectivity index (χ1n) is 6.84. The number of hydrogen-bond acceptors (Lipinski definition) is 2. The third-order valence-electron chi connectivity index (χ3n) is 2.96. The quantitative estimate of drug-likeness (QED) is 0.814. The van der Waals surface area contributed by atoms with Crippen LogP contribution in [0, 0.1) is 5.92 Å². The Kier molecular flexibility index (Phi) is 6.33. The van der Waals surface area contributed by atoms with Gasteiger partial charge in [-0.25, -0.2) is 0 Å². The molecule has 0 heterocycles. The molecule has 0 saturated carbocycles. The molecular weight excluding hydrogens is 267 g/mol. The lowest BCUT2D eigenvalue weighted by atomic mass is 10.0. The van der Waals surface area contributed by atoms with Gasteiger partial charge in [-0.15, -0.1) is 13.2 Å². The van der Waals surface area contributed by atoms with Crippen molar-refractivity contribution in [3.8, 4) is 5.75 Å². The maximum absolute atomic E-state index is 12.0. The van der Waals surface area contributed by atoms with Crippen molar-refractivity contribution < 1.29 is 17.9 Å². The van der Waals surface area contributed by atoms with Crippen molar-refractivity contribution in [2.24, 2.45) is 5.92 Å². The van der Waals surface area contributed by atoms with Gasteiger partial charge >= 0.3 is 6.36 Å². The van der Waals surface area contributed by atoms with Crippen LogP contribution in [0.4, 0.5) is 13.2 Å².